The molecule has 0 unspecified atom stereocenters. The summed E-state index contributed by atoms with van der Waals surface area (Å²) in [7, 11) is 0. The molecule has 3 aromatic rings. The third-order valence-corrected chi connectivity index (χ3v) is 3.59. The number of pyridine rings is 1. The van der Waals surface area contributed by atoms with E-state index in [4.69, 9.17) is 11.5 Å². The van der Waals surface area contributed by atoms with Gasteiger partial charge in [-0.25, -0.2) is 0 Å². The second-order valence-electron chi connectivity index (χ2n) is 5.22. The molecule has 0 atom stereocenters. The van der Waals surface area contributed by atoms with E-state index in [1.807, 2.05) is 54.6 Å². The second-order valence-corrected chi connectivity index (χ2v) is 5.22. The molecule has 0 aliphatic carbocycles. The van der Waals surface area contributed by atoms with E-state index >= 15 is 0 Å². The van der Waals surface area contributed by atoms with Gasteiger partial charge in [-0.2, -0.15) is 0 Å². The van der Waals surface area contributed by atoms with Crippen LogP contribution < -0.4 is 11.5 Å². The number of aliphatic imine (C=N–C) groups is 2. The number of nitrogens with two attached hydrogens (primary N) is 2. The maximum Gasteiger partial charge on any atom is 0.0865 e. The fourth-order valence-corrected chi connectivity index (χ4v) is 2.30. The molecule has 1 aromatic heterocycles. The highest BCUT2D eigenvalue weighted by Gasteiger charge is 2.05. The van der Waals surface area contributed by atoms with Crippen molar-refractivity contribution in [3.05, 3.63) is 66.5 Å². The summed E-state index contributed by atoms with van der Waals surface area (Å²) in [5.41, 5.74) is 17.2. The van der Waals surface area contributed by atoms with E-state index in [1.54, 1.807) is 12.4 Å². The third kappa shape index (κ3) is 3.30. The maximum absolute atomic E-state index is 6.03. The highest BCUT2D eigenvalue weighted by atomic mass is 14.8. The topological polar surface area (TPSA) is 89.6 Å². The molecule has 0 fully saturated rings. The average molecular weight is 315 g/mol. The van der Waals surface area contributed by atoms with Crippen molar-refractivity contribution in [1.82, 2.24) is 4.98 Å². The van der Waals surface area contributed by atoms with Crippen LogP contribution >= 0.6 is 0 Å². The van der Waals surface area contributed by atoms with Gasteiger partial charge in [0.25, 0.3) is 0 Å². The molecule has 0 saturated carbocycles. The smallest absolute Gasteiger partial charge is 0.0865 e. The van der Waals surface area contributed by atoms with Crippen molar-refractivity contribution in [2.24, 2.45) is 9.98 Å². The summed E-state index contributed by atoms with van der Waals surface area (Å²) in [6.45, 7) is 3.50. The SMILES string of the molecule is C=Nc1ccc(-c2ccc(N)c(N=Cc3ccccn3)c2)cc1N. The van der Waals surface area contributed by atoms with Gasteiger partial charge in [-0.1, -0.05) is 18.2 Å². The Kier molecular flexibility index (Phi) is 4.34. The number of hydrogen-bond donors (Lipinski definition) is 2. The van der Waals surface area contributed by atoms with Crippen molar-refractivity contribution in [3.63, 3.8) is 0 Å². The zero-order valence-corrected chi connectivity index (χ0v) is 13.1. The Labute approximate surface area is 140 Å². The summed E-state index contributed by atoms with van der Waals surface area (Å²) >= 11 is 0. The lowest BCUT2D eigenvalue weighted by molar-refractivity contribution is 1.30. The quantitative estimate of drug-likeness (QED) is 0.563. The summed E-state index contributed by atoms with van der Waals surface area (Å²) in [6.07, 6.45) is 3.41. The summed E-state index contributed by atoms with van der Waals surface area (Å²) in [6, 6.07) is 17.0. The van der Waals surface area contributed by atoms with E-state index in [1.165, 1.54) is 0 Å². The van der Waals surface area contributed by atoms with Crippen LogP contribution in [0.15, 0.2) is 70.8 Å². The highest BCUT2D eigenvalue weighted by Crippen LogP contribution is 2.32. The molecule has 0 amide bonds. The first-order chi connectivity index (χ1) is 11.7. The van der Waals surface area contributed by atoms with Gasteiger partial charge in [-0.3, -0.25) is 15.0 Å². The average Bonchev–Trinajstić information content (AvgIpc) is 2.62. The van der Waals surface area contributed by atoms with E-state index in [2.05, 4.69) is 21.7 Å². The second kappa shape index (κ2) is 6.75. The van der Waals surface area contributed by atoms with Gasteiger partial charge >= 0.3 is 0 Å². The van der Waals surface area contributed by atoms with Crippen LogP contribution in [0.5, 0.6) is 0 Å². The Balaban J connectivity index is 1.95. The first-order valence-corrected chi connectivity index (χ1v) is 7.38. The van der Waals surface area contributed by atoms with Crippen LogP contribution in [0.4, 0.5) is 22.7 Å². The Bertz CT molecular complexity index is 901. The van der Waals surface area contributed by atoms with E-state index < -0.39 is 0 Å². The third-order valence-electron chi connectivity index (χ3n) is 3.59. The molecule has 3 rings (SSSR count). The molecule has 0 aliphatic rings. The van der Waals surface area contributed by atoms with Gasteiger partial charge in [0, 0.05) is 6.20 Å². The number of aromatic nitrogens is 1. The van der Waals surface area contributed by atoms with Crippen LogP contribution in [0, 0.1) is 0 Å². The number of hydrogen-bond acceptors (Lipinski definition) is 5. The van der Waals surface area contributed by atoms with E-state index in [-0.39, 0.29) is 0 Å². The Morgan fingerprint density at radius 2 is 1.67 bits per heavy atom. The predicted molar refractivity (Wildman–Crippen MR) is 101 cm³/mol. The number of benzene rings is 2. The maximum atomic E-state index is 6.03. The molecule has 1 heterocycles. The van der Waals surface area contributed by atoms with Crippen LogP contribution in [0.2, 0.25) is 0 Å². The fourth-order valence-electron chi connectivity index (χ4n) is 2.30. The molecule has 24 heavy (non-hydrogen) atoms. The van der Waals surface area contributed by atoms with Gasteiger partial charge in [0.15, 0.2) is 0 Å². The molecular weight excluding hydrogens is 298 g/mol. The monoisotopic (exact) mass is 315 g/mol. The van der Waals surface area contributed by atoms with Gasteiger partial charge in [0.05, 0.1) is 34.7 Å². The van der Waals surface area contributed by atoms with E-state index in [9.17, 15) is 0 Å². The van der Waals surface area contributed by atoms with Crippen molar-refractivity contribution in [2.75, 3.05) is 11.5 Å². The number of nitrogen functional groups attached to an aromatic ring is 2. The molecule has 0 radical (unpaired) electrons. The van der Waals surface area contributed by atoms with Crippen LogP contribution in [0.1, 0.15) is 5.69 Å². The van der Waals surface area contributed by atoms with Gasteiger partial charge in [0.2, 0.25) is 0 Å². The van der Waals surface area contributed by atoms with Crippen LogP contribution in [0.3, 0.4) is 0 Å². The lowest BCUT2D eigenvalue weighted by Crippen LogP contribution is -1.90. The molecule has 5 nitrogen and oxygen atoms in total. The van der Waals surface area contributed by atoms with Crippen molar-refractivity contribution in [1.29, 1.82) is 0 Å². The largest absolute Gasteiger partial charge is 0.397 e. The Morgan fingerprint density at radius 1 is 0.875 bits per heavy atom. The van der Waals surface area contributed by atoms with E-state index in [0.29, 0.717) is 22.7 Å². The predicted octanol–water partition coefficient (Wildman–Crippen LogP) is 4.00. The molecular formula is C19H17N5. The van der Waals surface area contributed by atoms with Gasteiger partial charge in [-0.15, -0.1) is 0 Å². The lowest BCUT2D eigenvalue weighted by atomic mass is 10.0. The minimum Gasteiger partial charge on any atom is -0.397 e. The normalized spacial score (nSPS) is 10.8. The first-order valence-electron chi connectivity index (χ1n) is 7.38. The fraction of sp³-hybridized carbons (Fsp3) is 0. The number of nitrogens with zero attached hydrogens (tertiary/aromatic N) is 3. The summed E-state index contributed by atoms with van der Waals surface area (Å²) in [5.74, 6) is 0. The Hall–Kier alpha value is -3.47. The van der Waals surface area contributed by atoms with Gasteiger partial charge in [-0.05, 0) is 54.2 Å². The molecule has 0 aliphatic heterocycles. The number of anilines is 2. The van der Waals surface area contributed by atoms with Crippen molar-refractivity contribution >= 4 is 35.7 Å². The van der Waals surface area contributed by atoms with E-state index in [0.717, 1.165) is 16.8 Å². The van der Waals surface area contributed by atoms with Crippen LogP contribution in [-0.4, -0.2) is 17.9 Å². The minimum atomic E-state index is 0.581. The highest BCUT2D eigenvalue weighted by molar-refractivity contribution is 5.84. The molecule has 118 valence electrons. The molecule has 5 heteroatoms. The molecule has 0 bridgehead atoms. The standard InChI is InChI=1S/C19H17N5/c1-22-18-8-6-13(10-17(18)21)14-5-7-16(20)19(11-14)24-12-15-4-2-3-9-23-15/h2-12H,1,20-21H2. The summed E-state index contributed by atoms with van der Waals surface area (Å²) < 4.78 is 0. The van der Waals surface area contributed by atoms with Gasteiger partial charge < -0.3 is 11.5 Å². The summed E-state index contributed by atoms with van der Waals surface area (Å²) in [4.78, 5) is 12.5. The Morgan fingerprint density at radius 3 is 2.38 bits per heavy atom. The summed E-state index contributed by atoms with van der Waals surface area (Å²) in [5, 5.41) is 0. The first kappa shape index (κ1) is 15.4. The van der Waals surface area contributed by atoms with Crippen LogP contribution in [0.25, 0.3) is 11.1 Å². The zero-order chi connectivity index (χ0) is 16.9. The van der Waals surface area contributed by atoms with Crippen molar-refractivity contribution in [2.45, 2.75) is 0 Å². The lowest BCUT2D eigenvalue weighted by Gasteiger charge is -2.08. The molecule has 4 N–H and O–H groups in total. The molecule has 2 aromatic carbocycles. The molecule has 0 saturated heterocycles. The zero-order valence-electron chi connectivity index (χ0n) is 13.1. The minimum absolute atomic E-state index is 0.581. The van der Waals surface area contributed by atoms with Gasteiger partial charge in [0.1, 0.15) is 0 Å². The van der Waals surface area contributed by atoms with Crippen molar-refractivity contribution < 1.29 is 0 Å². The van der Waals surface area contributed by atoms with Crippen LogP contribution in [-0.2, 0) is 0 Å². The number of rotatable bonds is 4. The van der Waals surface area contributed by atoms with Crippen molar-refractivity contribution in [3.8, 4) is 11.1 Å². The molecule has 0 spiro atoms.